The summed E-state index contributed by atoms with van der Waals surface area (Å²) in [6, 6.07) is 8.54. The van der Waals surface area contributed by atoms with Crippen molar-refractivity contribution in [1.29, 1.82) is 0 Å². The summed E-state index contributed by atoms with van der Waals surface area (Å²) in [5.41, 5.74) is 5.17. The summed E-state index contributed by atoms with van der Waals surface area (Å²) < 4.78 is 5.28. The number of nitrogens with one attached hydrogen (secondary N) is 2. The van der Waals surface area contributed by atoms with Crippen LogP contribution in [-0.4, -0.2) is 57.8 Å². The molecular formula is C21H28N4O2. The number of likely N-dealkylation sites (N-methyl/N-ethyl adjacent to an activating group) is 1. The van der Waals surface area contributed by atoms with Crippen molar-refractivity contribution in [2.45, 2.75) is 13.1 Å². The number of allylic oxidation sites excluding steroid dienone is 3. The van der Waals surface area contributed by atoms with Gasteiger partial charge in [0.1, 0.15) is 6.17 Å². The van der Waals surface area contributed by atoms with Gasteiger partial charge < -0.3 is 25.2 Å². The van der Waals surface area contributed by atoms with Crippen LogP contribution < -0.4 is 15.5 Å². The number of benzene rings is 1. The molecule has 1 atom stereocenters. The van der Waals surface area contributed by atoms with Gasteiger partial charge in [0.2, 0.25) is 0 Å². The Balaban J connectivity index is 1.90. The molecule has 3 rings (SSSR count). The highest BCUT2D eigenvalue weighted by molar-refractivity contribution is 5.80. The molecule has 0 aliphatic carbocycles. The molecule has 0 spiro atoms. The maximum atomic E-state index is 11.2. The zero-order chi connectivity index (χ0) is 19.2. The first-order valence-electron chi connectivity index (χ1n) is 9.27. The SMILES string of the molecule is CNCCN(CCOC)c1cccc(C2=C(C)NC3C=CC(C=O)=CN23)c1. The molecular weight excluding hydrogens is 340 g/mol. The Labute approximate surface area is 161 Å². The van der Waals surface area contributed by atoms with E-state index < -0.39 is 0 Å². The topological polar surface area (TPSA) is 56.8 Å². The number of nitrogens with zero attached hydrogens (tertiary/aromatic N) is 2. The van der Waals surface area contributed by atoms with Gasteiger partial charge in [-0.1, -0.05) is 18.2 Å². The Bertz CT molecular complexity index is 761. The number of anilines is 1. The van der Waals surface area contributed by atoms with Gasteiger partial charge in [0.05, 0.1) is 12.3 Å². The fourth-order valence-electron chi connectivity index (χ4n) is 3.49. The van der Waals surface area contributed by atoms with Gasteiger partial charge in [-0.2, -0.15) is 0 Å². The molecule has 1 aromatic carbocycles. The maximum absolute atomic E-state index is 11.2. The van der Waals surface area contributed by atoms with Crippen molar-refractivity contribution in [2.24, 2.45) is 0 Å². The average Bonchev–Trinajstić information content (AvgIpc) is 3.03. The molecule has 27 heavy (non-hydrogen) atoms. The monoisotopic (exact) mass is 368 g/mol. The number of hydrogen-bond acceptors (Lipinski definition) is 6. The third-order valence-corrected chi connectivity index (χ3v) is 4.85. The predicted octanol–water partition coefficient (Wildman–Crippen LogP) is 1.93. The van der Waals surface area contributed by atoms with Crippen molar-refractivity contribution >= 4 is 17.7 Å². The molecule has 1 unspecified atom stereocenters. The van der Waals surface area contributed by atoms with Crippen LogP contribution in [0.2, 0.25) is 0 Å². The molecule has 0 bridgehead atoms. The molecule has 2 aliphatic rings. The van der Waals surface area contributed by atoms with Gasteiger partial charge >= 0.3 is 0 Å². The van der Waals surface area contributed by atoms with Gasteiger partial charge in [-0.25, -0.2) is 0 Å². The molecule has 144 valence electrons. The molecule has 6 nitrogen and oxygen atoms in total. The highest BCUT2D eigenvalue weighted by atomic mass is 16.5. The minimum absolute atomic E-state index is 0.0567. The normalized spacial score (nSPS) is 18.3. The Kier molecular flexibility index (Phi) is 6.32. The van der Waals surface area contributed by atoms with E-state index in [0.29, 0.717) is 12.2 Å². The third kappa shape index (κ3) is 4.23. The second-order valence-corrected chi connectivity index (χ2v) is 6.71. The van der Waals surface area contributed by atoms with Gasteiger partial charge in [-0.05, 0) is 32.2 Å². The lowest BCUT2D eigenvalue weighted by molar-refractivity contribution is -0.104. The lowest BCUT2D eigenvalue weighted by atomic mass is 10.1. The van der Waals surface area contributed by atoms with Crippen molar-refractivity contribution in [1.82, 2.24) is 15.5 Å². The van der Waals surface area contributed by atoms with Crippen molar-refractivity contribution < 1.29 is 9.53 Å². The fraction of sp³-hybridized carbons (Fsp3) is 0.381. The van der Waals surface area contributed by atoms with Crippen molar-refractivity contribution in [3.05, 3.63) is 59.5 Å². The summed E-state index contributed by atoms with van der Waals surface area (Å²) in [5.74, 6) is 0. The van der Waals surface area contributed by atoms with Gasteiger partial charge in [-0.3, -0.25) is 4.79 Å². The molecule has 0 aromatic heterocycles. The molecule has 2 N–H and O–H groups in total. The van der Waals surface area contributed by atoms with Crippen LogP contribution in [0.15, 0.2) is 53.9 Å². The summed E-state index contributed by atoms with van der Waals surface area (Å²) in [7, 11) is 3.69. The largest absolute Gasteiger partial charge is 0.383 e. The summed E-state index contributed by atoms with van der Waals surface area (Å²) in [6.07, 6.45) is 6.73. The van der Waals surface area contributed by atoms with E-state index in [1.807, 2.05) is 25.4 Å². The number of carbonyl (C=O) groups is 1. The van der Waals surface area contributed by atoms with Gasteiger partial charge in [0.25, 0.3) is 0 Å². The minimum Gasteiger partial charge on any atom is -0.383 e. The van der Waals surface area contributed by atoms with E-state index >= 15 is 0 Å². The zero-order valence-electron chi connectivity index (χ0n) is 16.2. The highest BCUT2D eigenvalue weighted by Gasteiger charge is 2.29. The summed E-state index contributed by atoms with van der Waals surface area (Å²) in [4.78, 5) is 15.7. The van der Waals surface area contributed by atoms with E-state index in [1.54, 1.807) is 7.11 Å². The Morgan fingerprint density at radius 2 is 2.22 bits per heavy atom. The first-order chi connectivity index (χ1) is 13.2. The van der Waals surface area contributed by atoms with Gasteiger partial charge in [0, 0.05) is 55.5 Å². The van der Waals surface area contributed by atoms with Crippen molar-refractivity contribution in [3.8, 4) is 0 Å². The van der Waals surface area contributed by atoms with Crippen molar-refractivity contribution in [2.75, 3.05) is 45.3 Å². The molecule has 1 aromatic rings. The number of carbonyl (C=O) groups excluding carboxylic acids is 1. The van der Waals surface area contributed by atoms with E-state index in [2.05, 4.69) is 51.6 Å². The standard InChI is InChI=1S/C21H28N4O2/c1-16-21(25-14-17(15-26)7-8-20(25)23-16)18-5-4-6-19(13-18)24(10-9-22-2)11-12-27-3/h4-8,13-15,20,22-23H,9-12H2,1-3H3. The van der Waals surface area contributed by atoms with Crippen LogP contribution in [0.3, 0.4) is 0 Å². The molecule has 0 amide bonds. The first kappa shape index (κ1) is 19.2. The number of aldehydes is 1. The second-order valence-electron chi connectivity index (χ2n) is 6.71. The second kappa shape index (κ2) is 8.88. The molecule has 0 fully saturated rings. The van der Waals surface area contributed by atoms with Crippen LogP contribution in [-0.2, 0) is 9.53 Å². The maximum Gasteiger partial charge on any atom is 0.151 e. The quantitative estimate of drug-likeness (QED) is 0.650. The Morgan fingerprint density at radius 3 is 2.96 bits per heavy atom. The van der Waals surface area contributed by atoms with Crippen LogP contribution >= 0.6 is 0 Å². The molecule has 0 saturated heterocycles. The lowest BCUT2D eigenvalue weighted by Crippen LogP contribution is -2.34. The van der Waals surface area contributed by atoms with E-state index in [0.717, 1.165) is 48.6 Å². The molecule has 0 radical (unpaired) electrons. The predicted molar refractivity (Wildman–Crippen MR) is 109 cm³/mol. The highest BCUT2D eigenvalue weighted by Crippen LogP contribution is 2.34. The smallest absolute Gasteiger partial charge is 0.151 e. The van der Waals surface area contributed by atoms with Crippen LogP contribution in [0, 0.1) is 0 Å². The summed E-state index contributed by atoms with van der Waals surface area (Å²) >= 11 is 0. The van der Waals surface area contributed by atoms with Gasteiger partial charge in [0.15, 0.2) is 6.29 Å². The first-order valence-corrected chi connectivity index (χ1v) is 9.27. The van der Waals surface area contributed by atoms with Crippen molar-refractivity contribution in [3.63, 3.8) is 0 Å². The number of rotatable bonds is 9. The third-order valence-electron chi connectivity index (χ3n) is 4.85. The number of methoxy groups -OCH3 is 1. The minimum atomic E-state index is 0.0567. The van der Waals surface area contributed by atoms with E-state index in [1.165, 1.54) is 0 Å². The Morgan fingerprint density at radius 1 is 1.37 bits per heavy atom. The van der Waals surface area contributed by atoms with E-state index in [9.17, 15) is 4.79 Å². The summed E-state index contributed by atoms with van der Waals surface area (Å²) in [6.45, 7) is 5.40. The van der Waals surface area contributed by atoms with Gasteiger partial charge in [-0.15, -0.1) is 0 Å². The molecule has 0 saturated carbocycles. The molecule has 2 aliphatic heterocycles. The Hall–Kier alpha value is -2.57. The van der Waals surface area contributed by atoms with E-state index in [-0.39, 0.29) is 6.17 Å². The number of ether oxygens (including phenoxy) is 1. The number of fused-ring (bicyclic) bond motifs is 1. The summed E-state index contributed by atoms with van der Waals surface area (Å²) in [5, 5.41) is 6.69. The molecule has 6 heteroatoms. The van der Waals surface area contributed by atoms with Crippen LogP contribution in [0.1, 0.15) is 12.5 Å². The van der Waals surface area contributed by atoms with Crippen LogP contribution in [0.25, 0.3) is 5.70 Å². The lowest BCUT2D eigenvalue weighted by Gasteiger charge is -2.28. The van der Waals surface area contributed by atoms with Crippen LogP contribution in [0.4, 0.5) is 5.69 Å². The fourth-order valence-corrected chi connectivity index (χ4v) is 3.49. The number of hydrogen-bond donors (Lipinski definition) is 2. The molecule has 2 heterocycles. The van der Waals surface area contributed by atoms with Crippen LogP contribution in [0.5, 0.6) is 0 Å². The van der Waals surface area contributed by atoms with E-state index in [4.69, 9.17) is 4.74 Å². The average molecular weight is 368 g/mol. The zero-order valence-corrected chi connectivity index (χ0v) is 16.2.